The minimum Gasteiger partial charge on any atom is -0.377 e. The lowest BCUT2D eigenvalue weighted by atomic mass is 10.2. The van der Waals surface area contributed by atoms with Crippen molar-refractivity contribution >= 4 is 16.8 Å². The number of ether oxygens (including phenoxy) is 1. The molecule has 7 heteroatoms. The molecule has 2 unspecified atom stereocenters. The van der Waals surface area contributed by atoms with Gasteiger partial charge in [-0.3, -0.25) is 14.8 Å². The Kier molecular flexibility index (Phi) is 5.19. The van der Waals surface area contributed by atoms with Gasteiger partial charge in [-0.05, 0) is 26.0 Å². The topological polar surface area (TPSA) is 73.5 Å². The number of amides is 1. The summed E-state index contributed by atoms with van der Waals surface area (Å²) in [5, 5.41) is 11.2. The number of nitrogens with one attached hydrogen (secondary N) is 2. The number of hydrogen-bond donors (Lipinski definition) is 2. The molecule has 26 heavy (non-hydrogen) atoms. The Morgan fingerprint density at radius 3 is 3.08 bits per heavy atom. The third kappa shape index (κ3) is 3.90. The summed E-state index contributed by atoms with van der Waals surface area (Å²) in [5.74, 6) is -0.111. The van der Waals surface area contributed by atoms with Gasteiger partial charge in [0.05, 0.1) is 17.7 Å². The van der Waals surface area contributed by atoms with Crippen LogP contribution in [0.2, 0.25) is 0 Å². The summed E-state index contributed by atoms with van der Waals surface area (Å²) >= 11 is 0. The lowest BCUT2D eigenvalue weighted by Crippen LogP contribution is -2.47. The number of carbonyl (C=O) groups excluding carboxylic acids is 1. The van der Waals surface area contributed by atoms with E-state index in [1.54, 1.807) is 0 Å². The summed E-state index contributed by atoms with van der Waals surface area (Å²) in [6.45, 7) is 5.53. The highest BCUT2D eigenvalue weighted by Crippen LogP contribution is 2.16. The highest BCUT2D eigenvalue weighted by molar-refractivity contribution is 6.04. The maximum Gasteiger partial charge on any atom is 0.272 e. The van der Waals surface area contributed by atoms with Crippen molar-refractivity contribution in [3.63, 3.8) is 0 Å². The van der Waals surface area contributed by atoms with E-state index in [2.05, 4.69) is 32.4 Å². The summed E-state index contributed by atoms with van der Waals surface area (Å²) in [6, 6.07) is 7.80. The zero-order valence-electron chi connectivity index (χ0n) is 15.3. The van der Waals surface area contributed by atoms with Gasteiger partial charge in [0.15, 0.2) is 5.69 Å². The first-order valence-corrected chi connectivity index (χ1v) is 9.45. The van der Waals surface area contributed by atoms with Crippen LogP contribution in [0.25, 0.3) is 10.9 Å². The number of nitrogens with zero attached hydrogens (tertiary/aromatic N) is 3. The Morgan fingerprint density at radius 1 is 1.35 bits per heavy atom. The molecule has 0 radical (unpaired) electrons. The molecule has 1 aromatic heterocycles. The van der Waals surface area contributed by atoms with Crippen LogP contribution in [0.15, 0.2) is 24.3 Å². The van der Waals surface area contributed by atoms with E-state index in [0.29, 0.717) is 11.8 Å². The molecule has 2 aromatic rings. The highest BCUT2D eigenvalue weighted by atomic mass is 16.5. The number of fused-ring (bicyclic) bond motifs is 1. The molecule has 7 nitrogen and oxygen atoms in total. The smallest absolute Gasteiger partial charge is 0.272 e. The monoisotopic (exact) mass is 357 g/mol. The molecule has 2 aliphatic rings. The number of aromatic amines is 1. The van der Waals surface area contributed by atoms with Crippen LogP contribution in [0.5, 0.6) is 0 Å². The van der Waals surface area contributed by atoms with Gasteiger partial charge in [0.2, 0.25) is 0 Å². The summed E-state index contributed by atoms with van der Waals surface area (Å²) in [6.07, 6.45) is 2.64. The van der Waals surface area contributed by atoms with Crippen LogP contribution in [0.1, 0.15) is 23.3 Å². The van der Waals surface area contributed by atoms with Gasteiger partial charge >= 0.3 is 0 Å². The van der Waals surface area contributed by atoms with Gasteiger partial charge in [-0.15, -0.1) is 0 Å². The number of H-pyrrole nitrogens is 1. The molecular weight excluding hydrogens is 330 g/mol. The number of rotatable bonds is 4. The Morgan fingerprint density at radius 2 is 2.23 bits per heavy atom. The molecule has 140 valence electrons. The quantitative estimate of drug-likeness (QED) is 0.857. The summed E-state index contributed by atoms with van der Waals surface area (Å²) in [4.78, 5) is 17.5. The number of para-hydroxylation sites is 1. The fraction of sp³-hybridized carbons (Fsp3) is 0.579. The van der Waals surface area contributed by atoms with Crippen molar-refractivity contribution in [3.05, 3.63) is 30.0 Å². The molecule has 3 heterocycles. The zero-order valence-corrected chi connectivity index (χ0v) is 15.3. The van der Waals surface area contributed by atoms with Gasteiger partial charge in [0, 0.05) is 44.7 Å². The molecule has 2 N–H and O–H groups in total. The van der Waals surface area contributed by atoms with Gasteiger partial charge in [-0.2, -0.15) is 5.10 Å². The van der Waals surface area contributed by atoms with Crippen LogP contribution in [0, 0.1) is 0 Å². The predicted molar refractivity (Wildman–Crippen MR) is 100 cm³/mol. The van der Waals surface area contributed by atoms with Crippen molar-refractivity contribution in [1.82, 2.24) is 25.3 Å². The van der Waals surface area contributed by atoms with Gasteiger partial charge in [0.1, 0.15) is 0 Å². The minimum absolute atomic E-state index is 0.0758. The summed E-state index contributed by atoms with van der Waals surface area (Å²) < 4.78 is 5.79. The highest BCUT2D eigenvalue weighted by Gasteiger charge is 2.27. The average Bonchev–Trinajstić information content (AvgIpc) is 3.25. The van der Waals surface area contributed by atoms with E-state index in [0.717, 1.165) is 63.1 Å². The number of carbonyl (C=O) groups is 1. The zero-order chi connectivity index (χ0) is 17.9. The van der Waals surface area contributed by atoms with Crippen molar-refractivity contribution in [2.75, 3.05) is 46.4 Å². The molecule has 2 aliphatic heterocycles. The van der Waals surface area contributed by atoms with Gasteiger partial charge in [-0.25, -0.2) is 0 Å². The van der Waals surface area contributed by atoms with Gasteiger partial charge in [-0.1, -0.05) is 18.2 Å². The van der Waals surface area contributed by atoms with Crippen LogP contribution >= 0.6 is 0 Å². The molecule has 2 atom stereocenters. The van der Waals surface area contributed by atoms with Crippen molar-refractivity contribution < 1.29 is 9.53 Å². The van der Waals surface area contributed by atoms with Crippen molar-refractivity contribution in [2.45, 2.75) is 25.0 Å². The van der Waals surface area contributed by atoms with E-state index in [4.69, 9.17) is 4.74 Å². The van der Waals surface area contributed by atoms with E-state index >= 15 is 0 Å². The second-order valence-electron chi connectivity index (χ2n) is 7.45. The van der Waals surface area contributed by atoms with E-state index in [1.807, 2.05) is 24.3 Å². The summed E-state index contributed by atoms with van der Waals surface area (Å²) in [7, 11) is 2.11. The van der Waals surface area contributed by atoms with Crippen LogP contribution in [-0.2, 0) is 4.74 Å². The first-order chi connectivity index (χ1) is 12.7. The Labute approximate surface area is 153 Å². The number of likely N-dealkylation sites (N-methyl/N-ethyl adjacent to an activating group) is 1. The first-order valence-electron chi connectivity index (χ1n) is 9.45. The molecule has 4 rings (SSSR count). The largest absolute Gasteiger partial charge is 0.377 e. The number of hydrogen-bond acceptors (Lipinski definition) is 5. The van der Waals surface area contributed by atoms with Gasteiger partial charge in [0.25, 0.3) is 5.91 Å². The van der Waals surface area contributed by atoms with Gasteiger partial charge < -0.3 is 15.0 Å². The second-order valence-corrected chi connectivity index (χ2v) is 7.45. The third-order valence-corrected chi connectivity index (χ3v) is 5.32. The van der Waals surface area contributed by atoms with E-state index in [-0.39, 0.29) is 11.9 Å². The normalized spacial score (nSPS) is 25.4. The summed E-state index contributed by atoms with van der Waals surface area (Å²) in [5.41, 5.74) is 1.36. The SMILES string of the molecule is CN1CCN(CC2CCCO2)CC(NC(=O)c2n[nH]c3ccccc23)C1. The molecule has 2 saturated heterocycles. The third-order valence-electron chi connectivity index (χ3n) is 5.32. The maximum atomic E-state index is 12.8. The first kappa shape index (κ1) is 17.5. The Balaban J connectivity index is 1.43. The van der Waals surface area contributed by atoms with Crippen LogP contribution in [0.3, 0.4) is 0 Å². The molecule has 0 saturated carbocycles. The molecular formula is C19H27N5O2. The van der Waals surface area contributed by atoms with Crippen molar-refractivity contribution in [1.29, 1.82) is 0 Å². The van der Waals surface area contributed by atoms with Crippen molar-refractivity contribution in [2.24, 2.45) is 0 Å². The van der Waals surface area contributed by atoms with Crippen LogP contribution in [-0.4, -0.2) is 84.4 Å². The van der Waals surface area contributed by atoms with Crippen LogP contribution < -0.4 is 5.32 Å². The molecule has 1 aromatic carbocycles. The Bertz CT molecular complexity index is 755. The predicted octanol–water partition coefficient (Wildman–Crippen LogP) is 1.09. The molecule has 2 fully saturated rings. The fourth-order valence-electron chi connectivity index (χ4n) is 3.96. The van der Waals surface area contributed by atoms with E-state index in [1.165, 1.54) is 0 Å². The number of aromatic nitrogens is 2. The molecule has 0 aliphatic carbocycles. The van der Waals surface area contributed by atoms with E-state index < -0.39 is 0 Å². The lowest BCUT2D eigenvalue weighted by molar-refractivity contribution is 0.0716. The van der Waals surface area contributed by atoms with Crippen LogP contribution in [0.4, 0.5) is 0 Å². The fourth-order valence-corrected chi connectivity index (χ4v) is 3.96. The number of benzene rings is 1. The average molecular weight is 357 g/mol. The minimum atomic E-state index is -0.111. The Hall–Kier alpha value is -1.96. The molecule has 0 bridgehead atoms. The maximum absolute atomic E-state index is 12.8. The second kappa shape index (κ2) is 7.73. The standard InChI is InChI=1S/C19H27N5O2/c1-23-8-9-24(13-15-5-4-10-26-15)12-14(11-23)20-19(25)18-16-6-2-3-7-17(16)21-22-18/h2-3,6-7,14-15H,4-5,8-13H2,1H3,(H,20,25)(H,21,22). The lowest BCUT2D eigenvalue weighted by Gasteiger charge is -2.26. The van der Waals surface area contributed by atoms with Crippen molar-refractivity contribution in [3.8, 4) is 0 Å². The molecule has 1 amide bonds. The molecule has 0 spiro atoms. The van der Waals surface area contributed by atoms with E-state index in [9.17, 15) is 4.79 Å².